The van der Waals surface area contributed by atoms with Crippen molar-refractivity contribution >= 4 is 29.9 Å². The maximum absolute atomic E-state index is 5.51. The van der Waals surface area contributed by atoms with E-state index in [0.717, 1.165) is 18.1 Å². The van der Waals surface area contributed by atoms with Gasteiger partial charge < -0.3 is 15.4 Å². The number of nitrogens with zero attached hydrogens (tertiary/aromatic N) is 3. The molecule has 0 spiro atoms. The Labute approximate surface area is 168 Å². The van der Waals surface area contributed by atoms with E-state index in [1.807, 2.05) is 7.05 Å². The lowest BCUT2D eigenvalue weighted by atomic mass is 9.64. The van der Waals surface area contributed by atoms with Gasteiger partial charge in [0.05, 0.1) is 24.4 Å². The van der Waals surface area contributed by atoms with Crippen molar-refractivity contribution in [2.45, 2.75) is 70.7 Å². The van der Waals surface area contributed by atoms with Gasteiger partial charge in [0.1, 0.15) is 0 Å². The molecule has 7 heteroatoms. The number of aliphatic imine (C=N–C) groups is 1. The molecule has 2 aliphatic carbocycles. The minimum Gasteiger partial charge on any atom is -0.381 e. The fourth-order valence-electron chi connectivity index (χ4n) is 3.91. The molecular formula is C18H32IN5O. The molecule has 0 radical (unpaired) electrons. The summed E-state index contributed by atoms with van der Waals surface area (Å²) in [5.41, 5.74) is 1.18. The second-order valence-corrected chi connectivity index (χ2v) is 7.63. The van der Waals surface area contributed by atoms with Gasteiger partial charge in [-0.25, -0.2) is 0 Å². The molecule has 0 saturated heterocycles. The Balaban J connectivity index is 0.00000225. The number of halogens is 1. The Morgan fingerprint density at radius 1 is 1.40 bits per heavy atom. The maximum Gasteiger partial charge on any atom is 0.191 e. The molecule has 1 aromatic rings. The van der Waals surface area contributed by atoms with Crippen LogP contribution in [0.25, 0.3) is 0 Å². The second kappa shape index (κ2) is 8.70. The Bertz CT molecular complexity index is 580. The quantitative estimate of drug-likeness (QED) is 0.402. The number of guanidine groups is 1. The van der Waals surface area contributed by atoms with Gasteiger partial charge in [-0.3, -0.25) is 9.67 Å². The molecule has 3 rings (SSSR count). The minimum atomic E-state index is 0. The zero-order valence-corrected chi connectivity index (χ0v) is 18.1. The zero-order chi connectivity index (χ0) is 17.2. The Hall–Kier alpha value is -0.830. The summed E-state index contributed by atoms with van der Waals surface area (Å²) in [6, 6.07) is 3.08. The van der Waals surface area contributed by atoms with Gasteiger partial charge in [-0.05, 0) is 25.3 Å². The van der Waals surface area contributed by atoms with Crippen molar-refractivity contribution in [1.82, 2.24) is 20.4 Å². The van der Waals surface area contributed by atoms with Crippen LogP contribution in [0.3, 0.4) is 0 Å². The fourth-order valence-corrected chi connectivity index (χ4v) is 3.91. The number of nitrogens with one attached hydrogen (secondary N) is 2. The standard InChI is InChI=1S/C18H31N5O.HI/c1-18(2)15(11-16(18)24-4)21-17(19-3)20-12-13-9-10-23(22-13)14-7-5-6-8-14;/h9-10,14-16H,5-8,11-12H2,1-4H3,(H2,19,20,21);1H. The van der Waals surface area contributed by atoms with Gasteiger partial charge in [0, 0.05) is 31.8 Å². The first-order valence-electron chi connectivity index (χ1n) is 9.08. The minimum absolute atomic E-state index is 0. The molecule has 2 unspecified atom stereocenters. The first kappa shape index (κ1) is 20.5. The van der Waals surface area contributed by atoms with E-state index >= 15 is 0 Å². The van der Waals surface area contributed by atoms with E-state index in [4.69, 9.17) is 9.84 Å². The lowest BCUT2D eigenvalue weighted by Gasteiger charge is -2.51. The number of hydrogen-bond acceptors (Lipinski definition) is 3. The average Bonchev–Trinajstić information content (AvgIpc) is 3.24. The number of methoxy groups -OCH3 is 1. The van der Waals surface area contributed by atoms with Crippen molar-refractivity contribution in [3.8, 4) is 0 Å². The van der Waals surface area contributed by atoms with Gasteiger partial charge in [0.15, 0.2) is 5.96 Å². The van der Waals surface area contributed by atoms with Crippen molar-refractivity contribution in [3.05, 3.63) is 18.0 Å². The first-order valence-corrected chi connectivity index (χ1v) is 9.08. The highest BCUT2D eigenvalue weighted by Gasteiger charge is 2.48. The van der Waals surface area contributed by atoms with Crippen LogP contribution in [0.2, 0.25) is 0 Å². The highest BCUT2D eigenvalue weighted by Crippen LogP contribution is 2.42. The van der Waals surface area contributed by atoms with Crippen LogP contribution in [0.4, 0.5) is 0 Å². The van der Waals surface area contributed by atoms with E-state index in [9.17, 15) is 0 Å². The highest BCUT2D eigenvalue weighted by molar-refractivity contribution is 14.0. The number of ether oxygens (including phenoxy) is 1. The highest BCUT2D eigenvalue weighted by atomic mass is 127. The summed E-state index contributed by atoms with van der Waals surface area (Å²) in [4.78, 5) is 4.34. The Morgan fingerprint density at radius 3 is 2.72 bits per heavy atom. The van der Waals surface area contributed by atoms with Gasteiger partial charge in [0.25, 0.3) is 0 Å². The predicted molar refractivity (Wildman–Crippen MR) is 111 cm³/mol. The molecule has 1 aromatic heterocycles. The largest absolute Gasteiger partial charge is 0.381 e. The molecule has 1 heterocycles. The van der Waals surface area contributed by atoms with E-state index < -0.39 is 0 Å². The monoisotopic (exact) mass is 461 g/mol. The van der Waals surface area contributed by atoms with Crippen molar-refractivity contribution < 1.29 is 4.74 Å². The van der Waals surface area contributed by atoms with Gasteiger partial charge >= 0.3 is 0 Å². The second-order valence-electron chi connectivity index (χ2n) is 7.63. The summed E-state index contributed by atoms with van der Waals surface area (Å²) < 4.78 is 7.65. The van der Waals surface area contributed by atoms with Crippen LogP contribution in [0.1, 0.15) is 57.7 Å². The van der Waals surface area contributed by atoms with Crippen LogP contribution in [0, 0.1) is 5.41 Å². The number of hydrogen-bond donors (Lipinski definition) is 2. The van der Waals surface area contributed by atoms with E-state index in [0.29, 0.717) is 24.7 Å². The van der Waals surface area contributed by atoms with Gasteiger partial charge in [-0.15, -0.1) is 24.0 Å². The summed E-state index contributed by atoms with van der Waals surface area (Å²) in [6.45, 7) is 5.16. The smallest absolute Gasteiger partial charge is 0.191 e. The zero-order valence-electron chi connectivity index (χ0n) is 15.8. The molecule has 2 fully saturated rings. The Kier molecular flexibility index (Phi) is 7.13. The van der Waals surface area contributed by atoms with Gasteiger partial charge in [0.2, 0.25) is 0 Å². The van der Waals surface area contributed by atoms with E-state index in [-0.39, 0.29) is 29.4 Å². The fraction of sp³-hybridized carbons (Fsp3) is 0.778. The molecule has 2 atom stereocenters. The van der Waals surface area contributed by atoms with E-state index in [1.54, 1.807) is 7.11 Å². The predicted octanol–water partition coefficient (Wildman–Crippen LogP) is 3.09. The third kappa shape index (κ3) is 4.48. The summed E-state index contributed by atoms with van der Waals surface area (Å²) in [5.74, 6) is 0.832. The van der Waals surface area contributed by atoms with E-state index in [2.05, 4.69) is 46.4 Å². The molecule has 2 saturated carbocycles. The first-order chi connectivity index (χ1) is 11.5. The SMILES string of the molecule is CN=C(NCc1ccn(C2CCCC2)n1)NC1CC(OC)C1(C)C.I. The third-order valence-corrected chi connectivity index (χ3v) is 5.80. The van der Waals surface area contributed by atoms with Gasteiger partial charge in [-0.2, -0.15) is 5.10 Å². The normalized spacial score (nSPS) is 26.0. The maximum atomic E-state index is 5.51. The van der Waals surface area contributed by atoms with Crippen molar-refractivity contribution in [1.29, 1.82) is 0 Å². The molecular weight excluding hydrogens is 429 g/mol. The molecule has 2 aliphatic rings. The van der Waals surface area contributed by atoms with Crippen LogP contribution < -0.4 is 10.6 Å². The van der Waals surface area contributed by atoms with Crippen molar-refractivity contribution in [3.63, 3.8) is 0 Å². The third-order valence-electron chi connectivity index (χ3n) is 5.80. The number of aromatic nitrogens is 2. The lowest BCUT2D eigenvalue weighted by molar-refractivity contribution is -0.0922. The van der Waals surface area contributed by atoms with Crippen molar-refractivity contribution in [2.75, 3.05) is 14.2 Å². The van der Waals surface area contributed by atoms with Gasteiger partial charge in [-0.1, -0.05) is 26.7 Å². The molecule has 0 aliphatic heterocycles. The summed E-state index contributed by atoms with van der Waals surface area (Å²) >= 11 is 0. The Morgan fingerprint density at radius 2 is 2.12 bits per heavy atom. The van der Waals surface area contributed by atoms with Crippen LogP contribution in [0.15, 0.2) is 17.3 Å². The van der Waals surface area contributed by atoms with Crippen LogP contribution in [-0.2, 0) is 11.3 Å². The summed E-state index contributed by atoms with van der Waals surface area (Å²) in [7, 11) is 3.60. The molecule has 6 nitrogen and oxygen atoms in total. The number of rotatable bonds is 5. The lowest BCUT2D eigenvalue weighted by Crippen LogP contribution is -2.63. The molecule has 0 amide bonds. The van der Waals surface area contributed by atoms with Crippen LogP contribution in [0.5, 0.6) is 0 Å². The van der Waals surface area contributed by atoms with Crippen LogP contribution >= 0.6 is 24.0 Å². The van der Waals surface area contributed by atoms with Crippen LogP contribution in [-0.4, -0.2) is 42.0 Å². The van der Waals surface area contributed by atoms with E-state index in [1.165, 1.54) is 25.7 Å². The molecule has 2 N–H and O–H groups in total. The molecule has 142 valence electrons. The average molecular weight is 461 g/mol. The van der Waals surface area contributed by atoms with Crippen molar-refractivity contribution in [2.24, 2.45) is 10.4 Å². The summed E-state index contributed by atoms with van der Waals surface area (Å²) in [5, 5.41) is 11.6. The topological polar surface area (TPSA) is 63.5 Å². The molecule has 0 bridgehead atoms. The summed E-state index contributed by atoms with van der Waals surface area (Å²) in [6.07, 6.45) is 8.62. The molecule has 25 heavy (non-hydrogen) atoms. The molecule has 0 aromatic carbocycles.